The Bertz CT molecular complexity index is 591. The molecule has 2 rings (SSSR count). The monoisotopic (exact) mass is 310 g/mol. The van der Waals surface area contributed by atoms with Crippen LogP contribution in [0.5, 0.6) is 0 Å². The molecule has 0 spiro atoms. The molecule has 2 aromatic rings. The van der Waals surface area contributed by atoms with Gasteiger partial charge in [-0.05, 0) is 37.6 Å². The fourth-order valence-electron chi connectivity index (χ4n) is 2.46. The van der Waals surface area contributed by atoms with Gasteiger partial charge in [-0.2, -0.15) is 0 Å². The van der Waals surface area contributed by atoms with Crippen molar-refractivity contribution in [3.63, 3.8) is 0 Å². The second-order valence-corrected chi connectivity index (χ2v) is 5.27. The Balaban J connectivity index is 2.48. The van der Waals surface area contributed by atoms with E-state index < -0.39 is 0 Å². The third kappa shape index (κ3) is 3.41. The van der Waals surface area contributed by atoms with Gasteiger partial charge in [0.05, 0.1) is 17.4 Å². The van der Waals surface area contributed by atoms with Crippen molar-refractivity contribution in [2.24, 2.45) is 0 Å². The molecule has 0 fully saturated rings. The van der Waals surface area contributed by atoms with Crippen LogP contribution in [0.15, 0.2) is 18.2 Å². The minimum atomic E-state index is -0.379. The van der Waals surface area contributed by atoms with Gasteiger partial charge in [-0.15, -0.1) is 5.10 Å². The van der Waals surface area contributed by atoms with E-state index >= 15 is 0 Å². The SMILES string of the molecule is CCNC(CC)c1nnn(-c2cc(F)cc(Cl)c2)c1CC. The van der Waals surface area contributed by atoms with E-state index in [9.17, 15) is 4.39 Å². The molecule has 1 unspecified atom stereocenters. The fourth-order valence-corrected chi connectivity index (χ4v) is 2.68. The predicted molar refractivity (Wildman–Crippen MR) is 82.4 cm³/mol. The number of benzene rings is 1. The Morgan fingerprint density at radius 2 is 2.05 bits per heavy atom. The molecule has 6 heteroatoms. The normalized spacial score (nSPS) is 12.6. The average Bonchev–Trinajstić information content (AvgIpc) is 2.87. The van der Waals surface area contributed by atoms with Gasteiger partial charge in [0.25, 0.3) is 0 Å². The van der Waals surface area contributed by atoms with Gasteiger partial charge in [0, 0.05) is 5.02 Å². The molecule has 1 heterocycles. The summed E-state index contributed by atoms with van der Waals surface area (Å²) in [6, 6.07) is 4.54. The van der Waals surface area contributed by atoms with E-state index in [0.29, 0.717) is 10.7 Å². The quantitative estimate of drug-likeness (QED) is 0.885. The summed E-state index contributed by atoms with van der Waals surface area (Å²) in [6.07, 6.45) is 1.68. The topological polar surface area (TPSA) is 42.7 Å². The van der Waals surface area contributed by atoms with Crippen molar-refractivity contribution in [2.75, 3.05) is 6.54 Å². The van der Waals surface area contributed by atoms with E-state index in [4.69, 9.17) is 11.6 Å². The van der Waals surface area contributed by atoms with Crippen molar-refractivity contribution >= 4 is 11.6 Å². The van der Waals surface area contributed by atoms with Crippen molar-refractivity contribution in [3.05, 3.63) is 40.4 Å². The van der Waals surface area contributed by atoms with Gasteiger partial charge in [0.2, 0.25) is 0 Å². The molecule has 1 N–H and O–H groups in total. The average molecular weight is 311 g/mol. The van der Waals surface area contributed by atoms with Gasteiger partial charge < -0.3 is 5.32 Å². The van der Waals surface area contributed by atoms with Crippen LogP contribution in [0.3, 0.4) is 0 Å². The molecule has 114 valence electrons. The molecule has 0 radical (unpaired) electrons. The van der Waals surface area contributed by atoms with E-state index in [1.165, 1.54) is 12.1 Å². The molecule has 1 atom stereocenters. The van der Waals surface area contributed by atoms with Gasteiger partial charge >= 0.3 is 0 Å². The first-order valence-electron chi connectivity index (χ1n) is 7.24. The first kappa shape index (κ1) is 15.9. The summed E-state index contributed by atoms with van der Waals surface area (Å²) < 4.78 is 15.2. The number of aromatic nitrogens is 3. The summed E-state index contributed by atoms with van der Waals surface area (Å²) in [6.45, 7) is 7.06. The van der Waals surface area contributed by atoms with Crippen LogP contribution >= 0.6 is 11.6 Å². The van der Waals surface area contributed by atoms with Crippen molar-refractivity contribution in [1.29, 1.82) is 0 Å². The fraction of sp³-hybridized carbons (Fsp3) is 0.467. The summed E-state index contributed by atoms with van der Waals surface area (Å²) in [5.74, 6) is -0.379. The molecule has 21 heavy (non-hydrogen) atoms. The van der Waals surface area contributed by atoms with Crippen LogP contribution in [0.4, 0.5) is 4.39 Å². The van der Waals surface area contributed by atoms with Gasteiger partial charge in [-0.25, -0.2) is 9.07 Å². The molecule has 0 aliphatic rings. The molecule has 0 saturated carbocycles. The zero-order valence-corrected chi connectivity index (χ0v) is 13.3. The lowest BCUT2D eigenvalue weighted by atomic mass is 10.1. The number of hydrogen-bond donors (Lipinski definition) is 1. The van der Waals surface area contributed by atoms with Crippen LogP contribution in [0.25, 0.3) is 5.69 Å². The minimum absolute atomic E-state index is 0.155. The lowest BCUT2D eigenvalue weighted by Crippen LogP contribution is -2.21. The molecule has 0 aliphatic heterocycles. The van der Waals surface area contributed by atoms with Gasteiger partial charge in [-0.3, -0.25) is 0 Å². The molecule has 0 aliphatic carbocycles. The summed E-state index contributed by atoms with van der Waals surface area (Å²) in [5, 5.41) is 12.2. The highest BCUT2D eigenvalue weighted by Gasteiger charge is 2.20. The second kappa shape index (κ2) is 7.00. The summed E-state index contributed by atoms with van der Waals surface area (Å²) in [7, 11) is 0. The molecule has 0 amide bonds. The number of rotatable bonds is 6. The van der Waals surface area contributed by atoms with Crippen LogP contribution in [0, 0.1) is 5.82 Å². The summed E-state index contributed by atoms with van der Waals surface area (Å²) >= 11 is 5.93. The highest BCUT2D eigenvalue weighted by atomic mass is 35.5. The highest BCUT2D eigenvalue weighted by molar-refractivity contribution is 6.30. The Kier molecular flexibility index (Phi) is 5.31. The van der Waals surface area contributed by atoms with Crippen LogP contribution in [-0.2, 0) is 6.42 Å². The second-order valence-electron chi connectivity index (χ2n) is 4.83. The molecule has 1 aromatic heterocycles. The highest BCUT2D eigenvalue weighted by Crippen LogP contribution is 2.23. The third-order valence-electron chi connectivity index (χ3n) is 3.41. The first-order valence-corrected chi connectivity index (χ1v) is 7.62. The summed E-state index contributed by atoms with van der Waals surface area (Å²) in [5.41, 5.74) is 2.49. The van der Waals surface area contributed by atoms with Crippen LogP contribution in [0.1, 0.15) is 44.6 Å². The predicted octanol–water partition coefficient (Wildman–Crippen LogP) is 3.68. The van der Waals surface area contributed by atoms with Crippen LogP contribution in [-0.4, -0.2) is 21.5 Å². The van der Waals surface area contributed by atoms with Crippen molar-refractivity contribution in [2.45, 2.75) is 39.7 Å². The van der Waals surface area contributed by atoms with Crippen molar-refractivity contribution in [3.8, 4) is 5.69 Å². The third-order valence-corrected chi connectivity index (χ3v) is 3.63. The largest absolute Gasteiger partial charge is 0.309 e. The zero-order chi connectivity index (χ0) is 15.4. The van der Waals surface area contributed by atoms with Crippen molar-refractivity contribution in [1.82, 2.24) is 20.3 Å². The van der Waals surface area contributed by atoms with Crippen LogP contribution < -0.4 is 5.32 Å². The first-order chi connectivity index (χ1) is 10.1. The number of halogens is 2. The maximum Gasteiger partial charge on any atom is 0.126 e. The standard InChI is InChI=1S/C15H20ClFN4/c1-4-13(18-6-3)15-14(5-2)21(20-19-15)12-8-10(16)7-11(17)9-12/h7-9,13,18H,4-6H2,1-3H3. The van der Waals surface area contributed by atoms with E-state index in [-0.39, 0.29) is 11.9 Å². The molecular weight excluding hydrogens is 291 g/mol. The van der Waals surface area contributed by atoms with Gasteiger partial charge in [0.1, 0.15) is 11.5 Å². The lowest BCUT2D eigenvalue weighted by Gasteiger charge is -2.15. The van der Waals surface area contributed by atoms with E-state index in [0.717, 1.165) is 30.8 Å². The van der Waals surface area contributed by atoms with Crippen molar-refractivity contribution < 1.29 is 4.39 Å². The maximum atomic E-state index is 13.5. The van der Waals surface area contributed by atoms with Crippen LogP contribution in [0.2, 0.25) is 5.02 Å². The molecule has 4 nitrogen and oxygen atoms in total. The van der Waals surface area contributed by atoms with E-state index in [1.807, 2.05) is 6.92 Å². The molecule has 0 bridgehead atoms. The van der Waals surface area contributed by atoms with E-state index in [1.54, 1.807) is 10.7 Å². The van der Waals surface area contributed by atoms with E-state index in [2.05, 4.69) is 29.5 Å². The molecule has 1 aromatic carbocycles. The Morgan fingerprint density at radius 3 is 2.62 bits per heavy atom. The maximum absolute atomic E-state index is 13.5. The Hall–Kier alpha value is -1.46. The van der Waals surface area contributed by atoms with Gasteiger partial charge in [-0.1, -0.05) is 37.6 Å². The smallest absolute Gasteiger partial charge is 0.126 e. The summed E-state index contributed by atoms with van der Waals surface area (Å²) in [4.78, 5) is 0. The lowest BCUT2D eigenvalue weighted by molar-refractivity contribution is 0.520. The van der Waals surface area contributed by atoms with Gasteiger partial charge in [0.15, 0.2) is 0 Å². The number of nitrogens with one attached hydrogen (secondary N) is 1. The molecule has 0 saturated heterocycles. The molecular formula is C15H20ClFN4. The Morgan fingerprint density at radius 1 is 1.29 bits per heavy atom. The zero-order valence-electron chi connectivity index (χ0n) is 12.5. The Labute approximate surface area is 129 Å². The minimum Gasteiger partial charge on any atom is -0.309 e. The number of hydrogen-bond acceptors (Lipinski definition) is 3. The number of nitrogens with zero attached hydrogens (tertiary/aromatic N) is 3.